The fourth-order valence-electron chi connectivity index (χ4n) is 2.21. The molecule has 1 aromatic carbocycles. The zero-order valence-electron chi connectivity index (χ0n) is 11.0. The Morgan fingerprint density at radius 1 is 1.32 bits per heavy atom. The van der Waals surface area contributed by atoms with Gasteiger partial charge in [0.15, 0.2) is 0 Å². The average molecular weight is 333 g/mol. The Morgan fingerprint density at radius 2 is 2.00 bits per heavy atom. The quantitative estimate of drug-likeness (QED) is 0.621. The van der Waals surface area contributed by atoms with Crippen LogP contribution in [0.3, 0.4) is 0 Å². The van der Waals surface area contributed by atoms with Crippen molar-refractivity contribution >= 4 is 16.8 Å². The molecular weight excluding hydrogens is 324 g/mol. The topological polar surface area (TPSA) is 34.9 Å². The van der Waals surface area contributed by atoms with Crippen molar-refractivity contribution in [3.05, 3.63) is 47.3 Å². The normalized spacial score (nSPS) is 15.1. The summed E-state index contributed by atoms with van der Waals surface area (Å²) in [4.78, 5) is 15.2. The summed E-state index contributed by atoms with van der Waals surface area (Å²) in [6.45, 7) is 0. The molecule has 0 bridgehead atoms. The minimum atomic E-state index is -4.77. The van der Waals surface area contributed by atoms with Crippen molar-refractivity contribution in [2.75, 3.05) is 0 Å². The molecule has 0 spiro atoms. The molecule has 0 atom stereocenters. The maximum absolute atomic E-state index is 13.6. The lowest BCUT2D eigenvalue weighted by molar-refractivity contribution is -0.137. The standard InChI is InChI=1S/C14H9ClF4N2O/c15-13(22)8-3-12(9(4-10(8)16)14(17,18)19)21-5-11(20-6-21)7-1-2-7/h3-7H,1-2H2. The van der Waals surface area contributed by atoms with Gasteiger partial charge in [0.2, 0.25) is 0 Å². The first-order valence-electron chi connectivity index (χ1n) is 6.42. The monoisotopic (exact) mass is 332 g/mol. The van der Waals surface area contributed by atoms with E-state index in [0.29, 0.717) is 5.69 Å². The van der Waals surface area contributed by atoms with Gasteiger partial charge in [0.1, 0.15) is 5.82 Å². The number of rotatable bonds is 3. The number of hydrogen-bond donors (Lipinski definition) is 0. The molecule has 0 N–H and O–H groups in total. The summed E-state index contributed by atoms with van der Waals surface area (Å²) in [7, 11) is 0. The second-order valence-corrected chi connectivity index (χ2v) is 5.44. The number of halogens is 5. The van der Waals surface area contributed by atoms with Gasteiger partial charge in [-0.1, -0.05) is 0 Å². The second-order valence-electron chi connectivity index (χ2n) is 5.10. The number of benzene rings is 1. The van der Waals surface area contributed by atoms with Crippen LogP contribution in [0.25, 0.3) is 5.69 Å². The number of imidazole rings is 1. The minimum Gasteiger partial charge on any atom is -0.305 e. The van der Waals surface area contributed by atoms with Crippen molar-refractivity contribution in [3.63, 3.8) is 0 Å². The van der Waals surface area contributed by atoms with Crippen LogP contribution in [-0.2, 0) is 6.18 Å². The third kappa shape index (κ3) is 2.72. The third-order valence-electron chi connectivity index (χ3n) is 3.48. The van der Waals surface area contributed by atoms with Crippen LogP contribution < -0.4 is 0 Å². The van der Waals surface area contributed by atoms with E-state index in [2.05, 4.69) is 4.98 Å². The van der Waals surface area contributed by atoms with Gasteiger partial charge in [0.05, 0.1) is 28.8 Å². The molecule has 0 radical (unpaired) electrons. The Labute approximate surface area is 127 Å². The molecule has 1 saturated carbocycles. The van der Waals surface area contributed by atoms with E-state index in [1.54, 1.807) is 0 Å². The van der Waals surface area contributed by atoms with Gasteiger partial charge in [-0.05, 0) is 36.6 Å². The molecular formula is C14H9ClF4N2O. The molecule has 1 fully saturated rings. The number of carbonyl (C=O) groups is 1. The summed E-state index contributed by atoms with van der Waals surface area (Å²) in [6.07, 6.45) is -0.203. The zero-order valence-corrected chi connectivity index (χ0v) is 11.7. The summed E-state index contributed by atoms with van der Waals surface area (Å²) in [5, 5.41) is -1.16. The average Bonchev–Trinajstić information content (AvgIpc) is 3.15. The highest BCUT2D eigenvalue weighted by atomic mass is 35.5. The molecule has 0 aliphatic heterocycles. The van der Waals surface area contributed by atoms with E-state index < -0.39 is 28.4 Å². The lowest BCUT2D eigenvalue weighted by Crippen LogP contribution is -2.13. The van der Waals surface area contributed by atoms with E-state index in [-0.39, 0.29) is 17.7 Å². The van der Waals surface area contributed by atoms with Crippen LogP contribution in [0.5, 0.6) is 0 Å². The van der Waals surface area contributed by atoms with E-state index in [9.17, 15) is 22.4 Å². The summed E-state index contributed by atoms with van der Waals surface area (Å²) in [5.74, 6) is -1.05. The van der Waals surface area contributed by atoms with E-state index in [4.69, 9.17) is 11.6 Å². The van der Waals surface area contributed by atoms with Crippen LogP contribution in [0.2, 0.25) is 0 Å². The van der Waals surface area contributed by atoms with Crippen molar-refractivity contribution in [3.8, 4) is 5.69 Å². The first-order chi connectivity index (χ1) is 10.3. The SMILES string of the molecule is O=C(Cl)c1cc(-n2cnc(C3CC3)c2)c(C(F)(F)F)cc1F. The Bertz CT molecular complexity index is 750. The molecule has 1 aliphatic rings. The fraction of sp³-hybridized carbons (Fsp3) is 0.286. The summed E-state index contributed by atoms with van der Waals surface area (Å²) >= 11 is 5.22. The van der Waals surface area contributed by atoms with Crippen molar-refractivity contribution in [2.45, 2.75) is 24.9 Å². The molecule has 0 amide bonds. The highest BCUT2D eigenvalue weighted by Gasteiger charge is 2.36. The Kier molecular flexibility index (Phi) is 3.47. The molecule has 0 unspecified atom stereocenters. The van der Waals surface area contributed by atoms with Crippen molar-refractivity contribution in [2.24, 2.45) is 0 Å². The molecule has 0 saturated heterocycles. The summed E-state index contributed by atoms with van der Waals surface area (Å²) < 4.78 is 54.1. The zero-order chi connectivity index (χ0) is 16.1. The number of alkyl halides is 3. The predicted octanol–water partition coefficient (Wildman–Crippen LogP) is 4.29. The van der Waals surface area contributed by atoms with Gasteiger partial charge in [0, 0.05) is 12.1 Å². The Hall–Kier alpha value is -1.89. The van der Waals surface area contributed by atoms with E-state index in [1.165, 1.54) is 12.5 Å². The maximum atomic E-state index is 13.6. The number of carbonyl (C=O) groups excluding carboxylic acids is 1. The molecule has 22 heavy (non-hydrogen) atoms. The number of hydrogen-bond acceptors (Lipinski definition) is 2. The Morgan fingerprint density at radius 3 is 2.55 bits per heavy atom. The summed E-state index contributed by atoms with van der Waals surface area (Å²) in [6, 6.07) is 1.08. The van der Waals surface area contributed by atoms with Crippen LogP contribution in [-0.4, -0.2) is 14.8 Å². The first-order valence-corrected chi connectivity index (χ1v) is 6.80. The summed E-state index contributed by atoms with van der Waals surface area (Å²) in [5.41, 5.74) is -1.49. The van der Waals surface area contributed by atoms with Crippen LogP contribution in [0, 0.1) is 5.82 Å². The lowest BCUT2D eigenvalue weighted by atomic mass is 10.1. The predicted molar refractivity (Wildman–Crippen MR) is 70.7 cm³/mol. The number of nitrogens with zero attached hydrogens (tertiary/aromatic N) is 2. The van der Waals surface area contributed by atoms with Crippen molar-refractivity contribution < 1.29 is 22.4 Å². The lowest BCUT2D eigenvalue weighted by Gasteiger charge is -2.14. The highest BCUT2D eigenvalue weighted by molar-refractivity contribution is 6.67. The van der Waals surface area contributed by atoms with Gasteiger partial charge in [0.25, 0.3) is 5.24 Å². The van der Waals surface area contributed by atoms with E-state index in [0.717, 1.165) is 23.5 Å². The van der Waals surface area contributed by atoms with Gasteiger partial charge in [-0.3, -0.25) is 4.79 Å². The molecule has 1 aliphatic carbocycles. The van der Waals surface area contributed by atoms with Crippen LogP contribution in [0.15, 0.2) is 24.7 Å². The molecule has 3 nitrogen and oxygen atoms in total. The van der Waals surface area contributed by atoms with E-state index in [1.807, 2.05) is 0 Å². The van der Waals surface area contributed by atoms with Gasteiger partial charge < -0.3 is 4.57 Å². The minimum absolute atomic E-state index is 0.255. The fourth-order valence-corrected chi connectivity index (χ4v) is 2.36. The van der Waals surface area contributed by atoms with Crippen LogP contribution in [0.1, 0.15) is 40.4 Å². The maximum Gasteiger partial charge on any atom is 0.418 e. The molecule has 1 heterocycles. The van der Waals surface area contributed by atoms with Crippen molar-refractivity contribution in [1.29, 1.82) is 0 Å². The molecule has 3 rings (SSSR count). The molecule has 2 aromatic rings. The molecule has 8 heteroatoms. The van der Waals surface area contributed by atoms with Gasteiger partial charge in [-0.25, -0.2) is 9.37 Å². The first kappa shape index (κ1) is 15.0. The van der Waals surface area contributed by atoms with Crippen LogP contribution >= 0.6 is 11.6 Å². The third-order valence-corrected chi connectivity index (χ3v) is 3.68. The van der Waals surface area contributed by atoms with Crippen LogP contribution in [0.4, 0.5) is 17.6 Å². The number of aromatic nitrogens is 2. The van der Waals surface area contributed by atoms with E-state index >= 15 is 0 Å². The largest absolute Gasteiger partial charge is 0.418 e. The second kappa shape index (κ2) is 5.08. The smallest absolute Gasteiger partial charge is 0.305 e. The van der Waals surface area contributed by atoms with Gasteiger partial charge >= 0.3 is 6.18 Å². The molecule has 1 aromatic heterocycles. The van der Waals surface area contributed by atoms with Gasteiger partial charge in [-0.15, -0.1) is 0 Å². The molecule has 116 valence electrons. The highest BCUT2D eigenvalue weighted by Crippen LogP contribution is 2.40. The van der Waals surface area contributed by atoms with Crippen molar-refractivity contribution in [1.82, 2.24) is 9.55 Å². The van der Waals surface area contributed by atoms with Gasteiger partial charge in [-0.2, -0.15) is 13.2 Å². The Balaban J connectivity index is 2.17.